The lowest BCUT2D eigenvalue weighted by Crippen LogP contribution is -2.66. The van der Waals surface area contributed by atoms with Gasteiger partial charge < -0.3 is 24.9 Å². The topological polar surface area (TPSA) is 111 Å². The first-order chi connectivity index (χ1) is 13.7. The van der Waals surface area contributed by atoms with E-state index in [9.17, 15) is 19.5 Å². The molecular weight excluding hydrogens is 395 g/mol. The van der Waals surface area contributed by atoms with Crippen LogP contribution in [-0.2, 0) is 15.5 Å². The fourth-order valence-electron chi connectivity index (χ4n) is 5.85. The van der Waals surface area contributed by atoms with Gasteiger partial charge in [0.25, 0.3) is 0 Å². The van der Waals surface area contributed by atoms with Crippen molar-refractivity contribution in [1.29, 1.82) is 0 Å². The maximum absolute atomic E-state index is 11.5. The zero-order chi connectivity index (χ0) is 20.8. The molecule has 4 rings (SSSR count). The summed E-state index contributed by atoms with van der Waals surface area (Å²) in [6.45, 7) is 0.866. The van der Waals surface area contributed by atoms with E-state index in [-0.39, 0.29) is 17.5 Å². The van der Waals surface area contributed by atoms with Gasteiger partial charge in [0.2, 0.25) is 0 Å². The Morgan fingerprint density at radius 3 is 2.62 bits per heavy atom. The maximum atomic E-state index is 11.5. The Morgan fingerprint density at radius 1 is 1.28 bits per heavy atom. The molecule has 0 amide bonds. The highest BCUT2D eigenvalue weighted by atomic mass is 31.2. The van der Waals surface area contributed by atoms with Crippen molar-refractivity contribution in [1.82, 2.24) is 10.2 Å². The number of aliphatic hydroxyl groups is 1. The molecule has 2 saturated heterocycles. The zero-order valence-corrected chi connectivity index (χ0v) is 17.8. The van der Waals surface area contributed by atoms with Crippen LogP contribution in [0.3, 0.4) is 0 Å². The first-order valence-electron chi connectivity index (χ1n) is 10.2. The first-order valence-corrected chi connectivity index (χ1v) is 11.8. The van der Waals surface area contributed by atoms with Gasteiger partial charge in [-0.2, -0.15) is 0 Å². The van der Waals surface area contributed by atoms with E-state index >= 15 is 0 Å². The molecule has 29 heavy (non-hydrogen) atoms. The van der Waals surface area contributed by atoms with Crippen LogP contribution in [0.5, 0.6) is 5.75 Å². The van der Waals surface area contributed by atoms with Crippen LogP contribution in [-0.4, -0.2) is 70.3 Å². The van der Waals surface area contributed by atoms with Crippen molar-refractivity contribution in [3.63, 3.8) is 0 Å². The van der Waals surface area contributed by atoms with Crippen molar-refractivity contribution in [2.24, 2.45) is 5.92 Å². The van der Waals surface area contributed by atoms with E-state index in [0.717, 1.165) is 30.7 Å². The molecule has 1 spiro atoms. The average molecular weight is 426 g/mol. The number of phosphoric ester groups is 1. The summed E-state index contributed by atoms with van der Waals surface area (Å²) in [6, 6.07) is 8.08. The number of nitrogens with zero attached hydrogens (tertiary/aromatic N) is 1. The molecule has 0 aromatic heterocycles. The minimum absolute atomic E-state index is 0.0521. The normalized spacial score (nSPS) is 37.3. The highest BCUT2D eigenvalue weighted by Gasteiger charge is 2.59. The molecule has 3 aliphatic rings. The lowest BCUT2D eigenvalue weighted by atomic mass is 9.65. The third kappa shape index (κ3) is 4.12. The monoisotopic (exact) mass is 426 g/mol. The minimum atomic E-state index is -4.60. The predicted octanol–water partition coefficient (Wildman–Crippen LogP) is 1.29. The highest BCUT2D eigenvalue weighted by Crippen LogP contribution is 2.54. The lowest BCUT2D eigenvalue weighted by molar-refractivity contribution is -0.144. The van der Waals surface area contributed by atoms with E-state index in [1.54, 1.807) is 7.11 Å². The number of benzene rings is 1. The van der Waals surface area contributed by atoms with Gasteiger partial charge >= 0.3 is 7.82 Å². The van der Waals surface area contributed by atoms with Crippen LogP contribution >= 0.6 is 7.82 Å². The summed E-state index contributed by atoms with van der Waals surface area (Å²) in [5.41, 5.74) is 1.05. The number of hydrogen-bond donors (Lipinski definition) is 4. The largest absolute Gasteiger partial charge is 0.497 e. The number of methoxy groups -OCH3 is 1. The standard InChI is InChI=1S/C20H31N2O6P/c1-21-14-10-20-8-7-18(28-29(24,25)26)16(11-20)19(23)17(22(20)12-14)9-13-3-5-15(27-2)6-4-13/h3-6,14,16-19,21,23H,7-12H2,1-2H3,(H2,24,25,26)/t14-,16+,17-,18+,19-,20-/m0/s1. The lowest BCUT2D eigenvalue weighted by Gasteiger charge is -2.57. The van der Waals surface area contributed by atoms with Crippen molar-refractivity contribution in [3.05, 3.63) is 29.8 Å². The molecule has 3 fully saturated rings. The molecular formula is C20H31N2O6P. The smallest absolute Gasteiger partial charge is 0.469 e. The van der Waals surface area contributed by atoms with Gasteiger partial charge in [-0.1, -0.05) is 12.1 Å². The van der Waals surface area contributed by atoms with E-state index in [1.165, 1.54) is 0 Å². The quantitative estimate of drug-likeness (QED) is 0.504. The summed E-state index contributed by atoms with van der Waals surface area (Å²) in [6.07, 6.45) is 2.39. The van der Waals surface area contributed by atoms with Gasteiger partial charge in [-0.3, -0.25) is 9.42 Å². The minimum Gasteiger partial charge on any atom is -0.497 e. The molecule has 6 atom stereocenters. The molecule has 4 N–H and O–H groups in total. The number of likely N-dealkylation sites (N-methyl/N-ethyl adjacent to an activating group) is 1. The number of rotatable bonds is 6. The van der Waals surface area contributed by atoms with E-state index in [0.29, 0.717) is 25.3 Å². The SMILES string of the molecule is CN[C@@H]1CN2[C@@H](Cc3ccc(OC)cc3)[C@@H](O)[C@@H]3C[C@]2(CC[C@H]3OP(=O)(O)O)C1. The van der Waals surface area contributed by atoms with Crippen LogP contribution in [0.25, 0.3) is 0 Å². The van der Waals surface area contributed by atoms with Crippen molar-refractivity contribution < 1.29 is 28.7 Å². The molecule has 0 radical (unpaired) electrons. The Morgan fingerprint density at radius 2 is 2.00 bits per heavy atom. The number of fused-ring (bicyclic) bond motifs is 1. The molecule has 162 valence electrons. The number of hydrogen-bond acceptors (Lipinski definition) is 6. The number of phosphoric acid groups is 1. The maximum Gasteiger partial charge on any atom is 0.469 e. The van der Waals surface area contributed by atoms with Gasteiger partial charge in [-0.05, 0) is 56.8 Å². The van der Waals surface area contributed by atoms with Crippen molar-refractivity contribution >= 4 is 7.82 Å². The molecule has 8 nitrogen and oxygen atoms in total. The van der Waals surface area contributed by atoms with Gasteiger partial charge in [0.1, 0.15) is 5.75 Å². The Labute approximate surface area is 171 Å². The highest BCUT2D eigenvalue weighted by molar-refractivity contribution is 7.46. The van der Waals surface area contributed by atoms with Crippen LogP contribution in [0.1, 0.15) is 31.2 Å². The Bertz CT molecular complexity index is 771. The number of ether oxygens (including phenoxy) is 1. The second kappa shape index (κ2) is 7.93. The Kier molecular flexibility index (Phi) is 5.81. The second-order valence-corrected chi connectivity index (χ2v) is 9.91. The van der Waals surface area contributed by atoms with Crippen LogP contribution in [0.2, 0.25) is 0 Å². The number of piperidine rings is 1. The zero-order valence-electron chi connectivity index (χ0n) is 16.9. The van der Waals surface area contributed by atoms with E-state index < -0.39 is 20.0 Å². The van der Waals surface area contributed by atoms with Gasteiger partial charge in [0, 0.05) is 30.1 Å². The summed E-state index contributed by atoms with van der Waals surface area (Å²) in [5, 5.41) is 14.7. The van der Waals surface area contributed by atoms with Crippen molar-refractivity contribution in [2.75, 3.05) is 20.7 Å². The van der Waals surface area contributed by atoms with Crippen LogP contribution in [0, 0.1) is 5.92 Å². The third-order valence-corrected chi connectivity index (χ3v) is 7.70. The second-order valence-electron chi connectivity index (χ2n) is 8.72. The molecule has 0 unspecified atom stereocenters. The fourth-order valence-corrected chi connectivity index (χ4v) is 6.46. The van der Waals surface area contributed by atoms with Gasteiger partial charge in [0.05, 0.1) is 19.3 Å². The van der Waals surface area contributed by atoms with Crippen LogP contribution < -0.4 is 10.1 Å². The molecule has 2 aliphatic heterocycles. The number of nitrogens with one attached hydrogen (secondary N) is 1. The summed E-state index contributed by atoms with van der Waals surface area (Å²) in [7, 11) is -1.00. The molecule has 9 heteroatoms. The van der Waals surface area contributed by atoms with Gasteiger partial charge in [-0.15, -0.1) is 0 Å². The fraction of sp³-hybridized carbons (Fsp3) is 0.700. The predicted molar refractivity (Wildman–Crippen MR) is 108 cm³/mol. The van der Waals surface area contributed by atoms with Gasteiger partial charge in [0.15, 0.2) is 0 Å². The van der Waals surface area contributed by atoms with E-state index in [1.807, 2.05) is 31.3 Å². The van der Waals surface area contributed by atoms with E-state index in [2.05, 4.69) is 10.2 Å². The Balaban J connectivity index is 1.62. The average Bonchev–Trinajstić information content (AvgIpc) is 3.05. The third-order valence-electron chi connectivity index (χ3n) is 7.16. The number of aliphatic hydroxyl groups excluding tert-OH is 1. The molecule has 1 saturated carbocycles. The van der Waals surface area contributed by atoms with Crippen molar-refractivity contribution in [3.8, 4) is 5.75 Å². The molecule has 2 heterocycles. The summed E-state index contributed by atoms with van der Waals surface area (Å²) in [5.74, 6) is 0.504. The molecule has 1 aliphatic carbocycles. The molecule has 1 aromatic rings. The summed E-state index contributed by atoms with van der Waals surface area (Å²) in [4.78, 5) is 21.1. The van der Waals surface area contributed by atoms with Crippen LogP contribution in [0.15, 0.2) is 24.3 Å². The first kappa shape index (κ1) is 21.2. The summed E-state index contributed by atoms with van der Waals surface area (Å²) >= 11 is 0. The van der Waals surface area contributed by atoms with Gasteiger partial charge in [-0.25, -0.2) is 4.57 Å². The van der Waals surface area contributed by atoms with Crippen LogP contribution in [0.4, 0.5) is 0 Å². The Hall–Kier alpha value is -0.990. The summed E-state index contributed by atoms with van der Waals surface area (Å²) < 4.78 is 21.8. The molecule has 2 bridgehead atoms. The van der Waals surface area contributed by atoms with E-state index in [4.69, 9.17) is 9.26 Å². The molecule has 1 aromatic carbocycles. The van der Waals surface area contributed by atoms with Crippen molar-refractivity contribution in [2.45, 2.75) is 61.9 Å².